The summed E-state index contributed by atoms with van der Waals surface area (Å²) in [6.45, 7) is 0. The summed E-state index contributed by atoms with van der Waals surface area (Å²) < 4.78 is 22.4. The third-order valence-corrected chi connectivity index (χ3v) is 6.24. The van der Waals surface area contributed by atoms with Crippen molar-refractivity contribution in [2.75, 3.05) is 0 Å². The quantitative estimate of drug-likeness (QED) is 0.431. The van der Waals surface area contributed by atoms with Gasteiger partial charge in [-0.05, 0) is 46.5 Å². The molecule has 0 amide bonds. The van der Waals surface area contributed by atoms with E-state index in [2.05, 4.69) is 0 Å². The van der Waals surface area contributed by atoms with E-state index in [0.717, 1.165) is 22.3 Å². The van der Waals surface area contributed by atoms with E-state index in [1.807, 2.05) is 48.5 Å². The SMILES string of the molecule is O=C(OC1C2c3ccccc3C(c3ccccc32)C1OC(=O)c1ccco1)c1ccco1. The van der Waals surface area contributed by atoms with E-state index < -0.39 is 24.1 Å². The summed E-state index contributed by atoms with van der Waals surface area (Å²) in [4.78, 5) is 25.7. The zero-order valence-corrected chi connectivity index (χ0v) is 16.8. The van der Waals surface area contributed by atoms with Gasteiger partial charge in [0.25, 0.3) is 0 Å². The van der Waals surface area contributed by atoms with Crippen LogP contribution in [0.3, 0.4) is 0 Å². The fraction of sp³-hybridized carbons (Fsp3) is 0.154. The van der Waals surface area contributed by atoms with Gasteiger partial charge in [-0.25, -0.2) is 9.59 Å². The standard InChI is InChI=1S/C26H18O6/c27-25(19-11-5-13-29-19)31-23-21-15-7-1-2-8-16(15)22(18-10-4-3-9-17(18)21)24(23)32-26(28)20-12-6-14-30-20/h1-14,21-24H. The molecule has 0 fully saturated rings. The Balaban J connectivity index is 1.47. The molecule has 0 N–H and O–H groups in total. The molecular formula is C26H18O6. The van der Waals surface area contributed by atoms with E-state index in [1.165, 1.54) is 12.5 Å². The molecular weight excluding hydrogens is 408 g/mol. The predicted molar refractivity (Wildman–Crippen MR) is 112 cm³/mol. The first-order chi connectivity index (χ1) is 15.7. The third kappa shape index (κ3) is 2.80. The number of benzene rings is 2. The maximum atomic E-state index is 12.9. The Hall–Kier alpha value is -4.06. The molecule has 7 rings (SSSR count). The molecule has 2 bridgehead atoms. The Morgan fingerprint density at radius 2 is 0.938 bits per heavy atom. The molecule has 2 heterocycles. The van der Waals surface area contributed by atoms with Crippen LogP contribution in [0.2, 0.25) is 0 Å². The van der Waals surface area contributed by atoms with Gasteiger partial charge in [0.2, 0.25) is 11.5 Å². The molecule has 3 aliphatic rings. The predicted octanol–water partition coefficient (Wildman–Crippen LogP) is 4.91. The summed E-state index contributed by atoms with van der Waals surface area (Å²) >= 11 is 0. The molecule has 0 saturated carbocycles. The van der Waals surface area contributed by atoms with Crippen LogP contribution < -0.4 is 0 Å². The van der Waals surface area contributed by atoms with Crippen molar-refractivity contribution in [3.8, 4) is 0 Å². The van der Waals surface area contributed by atoms with Crippen LogP contribution in [0.15, 0.2) is 94.2 Å². The highest BCUT2D eigenvalue weighted by molar-refractivity contribution is 5.87. The first-order valence-corrected chi connectivity index (χ1v) is 10.4. The van der Waals surface area contributed by atoms with Gasteiger partial charge in [0.1, 0.15) is 0 Å². The Morgan fingerprint density at radius 3 is 1.25 bits per heavy atom. The summed E-state index contributed by atoms with van der Waals surface area (Å²) in [5.41, 5.74) is 4.27. The van der Waals surface area contributed by atoms with Gasteiger partial charge in [0.15, 0.2) is 12.2 Å². The minimum Gasteiger partial charge on any atom is -0.457 e. The normalized spacial score (nSPS) is 22.6. The molecule has 2 unspecified atom stereocenters. The van der Waals surface area contributed by atoms with Crippen LogP contribution in [0.1, 0.15) is 55.2 Å². The molecule has 3 aliphatic carbocycles. The van der Waals surface area contributed by atoms with Crippen molar-refractivity contribution < 1.29 is 27.9 Å². The van der Waals surface area contributed by atoms with Gasteiger partial charge >= 0.3 is 11.9 Å². The number of furan rings is 2. The number of fused-ring (bicyclic) bond motifs is 1. The molecule has 2 aromatic heterocycles. The van der Waals surface area contributed by atoms with Gasteiger partial charge < -0.3 is 18.3 Å². The highest BCUT2D eigenvalue weighted by atomic mass is 16.6. The molecule has 6 nitrogen and oxygen atoms in total. The zero-order chi connectivity index (χ0) is 21.7. The number of esters is 2. The lowest BCUT2D eigenvalue weighted by Crippen LogP contribution is -2.51. The largest absolute Gasteiger partial charge is 0.457 e. The van der Waals surface area contributed by atoms with Gasteiger partial charge in [-0.3, -0.25) is 0 Å². The van der Waals surface area contributed by atoms with Crippen molar-refractivity contribution in [2.24, 2.45) is 0 Å². The second-order valence-corrected chi connectivity index (χ2v) is 7.91. The second kappa shape index (κ2) is 7.27. The van der Waals surface area contributed by atoms with Crippen LogP contribution in [0.25, 0.3) is 0 Å². The maximum absolute atomic E-state index is 12.9. The molecule has 0 aliphatic heterocycles. The summed E-state index contributed by atoms with van der Waals surface area (Å²) in [5.74, 6) is -1.54. The Kier molecular flexibility index (Phi) is 4.24. The summed E-state index contributed by atoms with van der Waals surface area (Å²) in [6, 6.07) is 22.4. The van der Waals surface area contributed by atoms with Crippen LogP contribution >= 0.6 is 0 Å². The van der Waals surface area contributed by atoms with Crippen LogP contribution in [0.4, 0.5) is 0 Å². The monoisotopic (exact) mass is 426 g/mol. The molecule has 0 saturated heterocycles. The minimum absolute atomic E-state index is 0.101. The van der Waals surface area contributed by atoms with E-state index >= 15 is 0 Å². The Bertz CT molecular complexity index is 1140. The second-order valence-electron chi connectivity index (χ2n) is 7.91. The Labute approximate surface area is 183 Å². The number of carbonyl (C=O) groups excluding carboxylic acids is 2. The lowest BCUT2D eigenvalue weighted by Gasteiger charge is -2.48. The van der Waals surface area contributed by atoms with Crippen molar-refractivity contribution in [1.29, 1.82) is 0 Å². The number of hydrogen-bond donors (Lipinski definition) is 0. The molecule has 0 spiro atoms. The van der Waals surface area contributed by atoms with Crippen LogP contribution in [0, 0.1) is 0 Å². The van der Waals surface area contributed by atoms with Crippen LogP contribution in [-0.2, 0) is 9.47 Å². The van der Waals surface area contributed by atoms with Gasteiger partial charge in [0, 0.05) is 0 Å². The summed E-state index contributed by atoms with van der Waals surface area (Å²) in [6.07, 6.45) is 1.40. The van der Waals surface area contributed by atoms with Gasteiger partial charge in [0.05, 0.1) is 24.4 Å². The molecule has 6 heteroatoms. The van der Waals surface area contributed by atoms with E-state index in [1.54, 1.807) is 24.3 Å². The summed E-state index contributed by atoms with van der Waals surface area (Å²) in [7, 11) is 0. The van der Waals surface area contributed by atoms with Crippen molar-refractivity contribution in [1.82, 2.24) is 0 Å². The lowest BCUT2D eigenvalue weighted by atomic mass is 9.61. The maximum Gasteiger partial charge on any atom is 0.374 e. The fourth-order valence-corrected chi connectivity index (χ4v) is 5.00. The van der Waals surface area contributed by atoms with Crippen molar-refractivity contribution in [3.05, 3.63) is 119 Å². The lowest BCUT2D eigenvalue weighted by molar-refractivity contribution is -0.0581. The van der Waals surface area contributed by atoms with Gasteiger partial charge in [-0.1, -0.05) is 48.5 Å². The minimum atomic E-state index is -0.721. The number of rotatable bonds is 4. The zero-order valence-electron chi connectivity index (χ0n) is 16.8. The van der Waals surface area contributed by atoms with E-state index in [9.17, 15) is 9.59 Å². The number of hydrogen-bond acceptors (Lipinski definition) is 6. The Morgan fingerprint density at radius 1 is 0.562 bits per heavy atom. The molecule has 2 atom stereocenters. The van der Waals surface area contributed by atoms with Crippen molar-refractivity contribution in [3.63, 3.8) is 0 Å². The van der Waals surface area contributed by atoms with E-state index in [-0.39, 0.29) is 23.4 Å². The third-order valence-electron chi connectivity index (χ3n) is 6.24. The molecule has 2 aromatic carbocycles. The van der Waals surface area contributed by atoms with E-state index in [4.69, 9.17) is 18.3 Å². The molecule has 0 radical (unpaired) electrons. The van der Waals surface area contributed by atoms with Gasteiger partial charge in [-0.15, -0.1) is 0 Å². The molecule has 32 heavy (non-hydrogen) atoms. The smallest absolute Gasteiger partial charge is 0.374 e. The highest BCUT2D eigenvalue weighted by Crippen LogP contribution is 2.54. The first kappa shape index (κ1) is 18.7. The van der Waals surface area contributed by atoms with Crippen LogP contribution in [0.5, 0.6) is 0 Å². The average molecular weight is 426 g/mol. The van der Waals surface area contributed by atoms with E-state index in [0.29, 0.717) is 0 Å². The first-order valence-electron chi connectivity index (χ1n) is 10.4. The van der Waals surface area contributed by atoms with Crippen LogP contribution in [-0.4, -0.2) is 24.1 Å². The fourth-order valence-electron chi connectivity index (χ4n) is 5.00. The molecule has 158 valence electrons. The summed E-state index contributed by atoms with van der Waals surface area (Å²) in [5, 5.41) is 0. The van der Waals surface area contributed by atoms with Crippen molar-refractivity contribution in [2.45, 2.75) is 24.0 Å². The van der Waals surface area contributed by atoms with Crippen molar-refractivity contribution >= 4 is 11.9 Å². The average Bonchev–Trinajstić information content (AvgIpc) is 3.55. The number of carbonyl (C=O) groups is 2. The number of ether oxygens (including phenoxy) is 2. The molecule has 4 aromatic rings. The van der Waals surface area contributed by atoms with Gasteiger partial charge in [-0.2, -0.15) is 0 Å². The topological polar surface area (TPSA) is 78.9 Å². The highest BCUT2D eigenvalue weighted by Gasteiger charge is 2.54.